The first kappa shape index (κ1) is 8.06. The van der Waals surface area contributed by atoms with Crippen molar-refractivity contribution in [2.24, 2.45) is 0 Å². The van der Waals surface area contributed by atoms with Crippen molar-refractivity contribution in [2.75, 3.05) is 11.5 Å². The molecular weight excluding hydrogens is 188 g/mol. The molecule has 0 aliphatic rings. The lowest BCUT2D eigenvalue weighted by molar-refractivity contribution is 0.434. The van der Waals surface area contributed by atoms with E-state index in [1.807, 2.05) is 13.0 Å². The maximum Gasteiger partial charge on any atom is 0.269 e. The molecule has 0 fully saturated rings. The SMILES string of the molecule is Cc1cc(N)sc1-c1nc(N)no1. The summed E-state index contributed by atoms with van der Waals surface area (Å²) < 4.78 is 4.91. The quantitative estimate of drug-likeness (QED) is 0.716. The first-order valence-electron chi connectivity index (χ1n) is 3.62. The van der Waals surface area contributed by atoms with Gasteiger partial charge in [0, 0.05) is 0 Å². The third kappa shape index (κ3) is 1.35. The molecule has 0 saturated carbocycles. The van der Waals surface area contributed by atoms with Crippen molar-refractivity contribution in [1.82, 2.24) is 10.1 Å². The Morgan fingerprint density at radius 2 is 2.23 bits per heavy atom. The Morgan fingerprint density at radius 1 is 1.46 bits per heavy atom. The molecule has 0 atom stereocenters. The van der Waals surface area contributed by atoms with Crippen LogP contribution in [0.2, 0.25) is 0 Å². The topological polar surface area (TPSA) is 91.0 Å². The fourth-order valence-corrected chi connectivity index (χ4v) is 1.91. The van der Waals surface area contributed by atoms with Gasteiger partial charge in [-0.25, -0.2) is 0 Å². The summed E-state index contributed by atoms with van der Waals surface area (Å²) in [5, 5.41) is 4.23. The largest absolute Gasteiger partial charge is 0.391 e. The van der Waals surface area contributed by atoms with Gasteiger partial charge < -0.3 is 16.0 Å². The molecule has 0 amide bonds. The lowest BCUT2D eigenvalue weighted by Crippen LogP contribution is -1.85. The first-order valence-corrected chi connectivity index (χ1v) is 4.44. The highest BCUT2D eigenvalue weighted by Gasteiger charge is 2.12. The van der Waals surface area contributed by atoms with E-state index in [9.17, 15) is 0 Å². The van der Waals surface area contributed by atoms with Gasteiger partial charge in [-0.1, -0.05) is 0 Å². The van der Waals surface area contributed by atoms with E-state index in [0.717, 1.165) is 15.4 Å². The molecule has 6 heteroatoms. The van der Waals surface area contributed by atoms with Gasteiger partial charge in [0.15, 0.2) is 0 Å². The molecule has 68 valence electrons. The first-order chi connectivity index (χ1) is 6.16. The maximum atomic E-state index is 5.62. The van der Waals surface area contributed by atoms with Crippen molar-refractivity contribution in [3.63, 3.8) is 0 Å². The van der Waals surface area contributed by atoms with Crippen molar-refractivity contribution in [1.29, 1.82) is 0 Å². The van der Waals surface area contributed by atoms with E-state index in [0.29, 0.717) is 5.89 Å². The summed E-state index contributed by atoms with van der Waals surface area (Å²) in [6.45, 7) is 1.93. The average Bonchev–Trinajstić information content (AvgIpc) is 2.58. The fourth-order valence-electron chi connectivity index (χ4n) is 1.05. The van der Waals surface area contributed by atoms with Crippen molar-refractivity contribution in [3.05, 3.63) is 11.6 Å². The van der Waals surface area contributed by atoms with E-state index in [2.05, 4.69) is 10.1 Å². The summed E-state index contributed by atoms with van der Waals surface area (Å²) in [6.07, 6.45) is 0. The van der Waals surface area contributed by atoms with Crippen molar-refractivity contribution in [2.45, 2.75) is 6.92 Å². The molecule has 4 N–H and O–H groups in total. The number of hydrogen-bond acceptors (Lipinski definition) is 6. The highest BCUT2D eigenvalue weighted by Crippen LogP contribution is 2.32. The second-order valence-electron chi connectivity index (χ2n) is 2.62. The third-order valence-electron chi connectivity index (χ3n) is 1.57. The van der Waals surface area contributed by atoms with Crippen LogP contribution in [0.15, 0.2) is 10.6 Å². The number of nitrogens with zero attached hydrogens (tertiary/aromatic N) is 2. The van der Waals surface area contributed by atoms with Gasteiger partial charge in [0.25, 0.3) is 11.8 Å². The van der Waals surface area contributed by atoms with Crippen LogP contribution >= 0.6 is 11.3 Å². The average molecular weight is 196 g/mol. The summed E-state index contributed by atoms with van der Waals surface area (Å²) >= 11 is 1.41. The third-order valence-corrected chi connectivity index (χ3v) is 2.63. The molecule has 0 aliphatic carbocycles. The number of anilines is 2. The highest BCUT2D eigenvalue weighted by atomic mass is 32.1. The van der Waals surface area contributed by atoms with E-state index in [1.54, 1.807) is 0 Å². The number of aryl methyl sites for hydroxylation is 1. The molecule has 0 aromatic carbocycles. The number of hydrogen-bond donors (Lipinski definition) is 2. The molecule has 0 spiro atoms. The van der Waals surface area contributed by atoms with E-state index < -0.39 is 0 Å². The number of rotatable bonds is 1. The number of nitrogens with two attached hydrogens (primary N) is 2. The normalized spacial score (nSPS) is 10.5. The van der Waals surface area contributed by atoms with Crippen LogP contribution in [-0.2, 0) is 0 Å². The van der Waals surface area contributed by atoms with E-state index >= 15 is 0 Å². The smallest absolute Gasteiger partial charge is 0.269 e. The van der Waals surface area contributed by atoms with E-state index in [-0.39, 0.29) is 5.95 Å². The molecule has 2 aromatic rings. The minimum absolute atomic E-state index is 0.140. The molecule has 0 bridgehead atoms. The van der Waals surface area contributed by atoms with Gasteiger partial charge in [-0.2, -0.15) is 4.98 Å². The van der Waals surface area contributed by atoms with Crippen molar-refractivity contribution >= 4 is 22.3 Å². The van der Waals surface area contributed by atoms with Gasteiger partial charge in [0.2, 0.25) is 0 Å². The standard InChI is InChI=1S/C7H8N4OS/c1-3-2-4(8)13-5(3)6-10-7(9)11-12-6/h2H,8H2,1H3,(H2,9,11). The highest BCUT2D eigenvalue weighted by molar-refractivity contribution is 7.19. The maximum absolute atomic E-state index is 5.62. The molecule has 0 unspecified atom stereocenters. The van der Waals surface area contributed by atoms with Crippen LogP contribution < -0.4 is 11.5 Å². The second kappa shape index (κ2) is 2.74. The number of nitrogen functional groups attached to an aromatic ring is 2. The number of thiophene rings is 1. The summed E-state index contributed by atoms with van der Waals surface area (Å²) in [4.78, 5) is 4.79. The Labute approximate surface area is 78.4 Å². The second-order valence-corrected chi connectivity index (χ2v) is 3.70. The van der Waals surface area contributed by atoms with Gasteiger partial charge in [-0.05, 0) is 23.7 Å². The van der Waals surface area contributed by atoms with Crippen LogP contribution in [0.1, 0.15) is 5.56 Å². The Bertz CT molecular complexity index is 433. The van der Waals surface area contributed by atoms with Gasteiger partial charge in [0.1, 0.15) is 0 Å². The minimum atomic E-state index is 0.140. The predicted octanol–water partition coefficient (Wildman–Crippen LogP) is 1.27. The van der Waals surface area contributed by atoms with Gasteiger partial charge in [0.05, 0.1) is 9.88 Å². The molecule has 2 heterocycles. The molecule has 0 saturated heterocycles. The van der Waals surface area contributed by atoms with E-state index in [4.69, 9.17) is 16.0 Å². The van der Waals surface area contributed by atoms with Crippen molar-refractivity contribution < 1.29 is 4.52 Å². The van der Waals surface area contributed by atoms with Crippen LogP contribution in [0.25, 0.3) is 10.8 Å². The summed E-state index contributed by atoms with van der Waals surface area (Å²) in [5.41, 5.74) is 12.0. The van der Waals surface area contributed by atoms with E-state index in [1.165, 1.54) is 11.3 Å². The molecule has 2 aromatic heterocycles. The van der Waals surface area contributed by atoms with Gasteiger partial charge in [-0.3, -0.25) is 0 Å². The monoisotopic (exact) mass is 196 g/mol. The zero-order chi connectivity index (χ0) is 9.42. The zero-order valence-corrected chi connectivity index (χ0v) is 7.76. The van der Waals surface area contributed by atoms with Crippen LogP contribution in [-0.4, -0.2) is 10.1 Å². The lowest BCUT2D eigenvalue weighted by Gasteiger charge is -1.87. The molecule has 13 heavy (non-hydrogen) atoms. The molecule has 5 nitrogen and oxygen atoms in total. The zero-order valence-electron chi connectivity index (χ0n) is 6.94. The van der Waals surface area contributed by atoms with Gasteiger partial charge in [-0.15, -0.1) is 11.3 Å². The lowest BCUT2D eigenvalue weighted by atomic mass is 10.3. The van der Waals surface area contributed by atoms with Crippen molar-refractivity contribution in [3.8, 4) is 10.8 Å². The molecule has 0 radical (unpaired) electrons. The van der Waals surface area contributed by atoms with Gasteiger partial charge >= 0.3 is 0 Å². The Morgan fingerprint density at radius 3 is 2.69 bits per heavy atom. The Balaban J connectivity index is 2.51. The molecule has 0 aliphatic heterocycles. The Kier molecular flexibility index (Phi) is 1.70. The van der Waals surface area contributed by atoms with Crippen LogP contribution in [0.4, 0.5) is 10.9 Å². The predicted molar refractivity (Wildman–Crippen MR) is 51.2 cm³/mol. The number of aromatic nitrogens is 2. The fraction of sp³-hybridized carbons (Fsp3) is 0.143. The molecule has 2 rings (SSSR count). The minimum Gasteiger partial charge on any atom is -0.391 e. The summed E-state index contributed by atoms with van der Waals surface area (Å²) in [5.74, 6) is 0.568. The summed E-state index contributed by atoms with van der Waals surface area (Å²) in [6, 6.07) is 1.86. The molecular formula is C7H8N4OS. The summed E-state index contributed by atoms with van der Waals surface area (Å²) in [7, 11) is 0. The Hall–Kier alpha value is -1.56. The van der Waals surface area contributed by atoms with Crippen LogP contribution in [0.3, 0.4) is 0 Å². The van der Waals surface area contributed by atoms with Crippen LogP contribution in [0, 0.1) is 6.92 Å². The van der Waals surface area contributed by atoms with Crippen LogP contribution in [0.5, 0.6) is 0 Å².